The molecule has 0 spiro atoms. The van der Waals surface area contributed by atoms with Crippen LogP contribution in [-0.2, 0) is 0 Å². The van der Waals surface area contributed by atoms with Crippen molar-refractivity contribution in [2.75, 3.05) is 12.4 Å². The molecule has 2 aliphatic carbocycles. The smallest absolute Gasteiger partial charge is 0.213 e. The van der Waals surface area contributed by atoms with Gasteiger partial charge in [-0.05, 0) is 30.7 Å². The molecule has 0 amide bonds. The number of hydrogen-bond donors (Lipinski definition) is 1. The highest BCUT2D eigenvalue weighted by atomic mass is 16.5. The molecule has 1 aromatic heterocycles. The van der Waals surface area contributed by atoms with Gasteiger partial charge in [0.2, 0.25) is 5.88 Å². The number of anilines is 1. The first-order valence-corrected chi connectivity index (χ1v) is 8.63. The number of methoxy groups -OCH3 is 1. The number of nitrogens with zero attached hydrogens (tertiary/aromatic N) is 1. The average molecular weight is 288 g/mol. The standard InChI is InChI=1S/C18H28N2O/c1-21-18-12-11-15(13-19-18)20-17-10-6-5-9-16(17)14-7-3-2-4-8-14/h11-14,16-17,20H,2-10H2,1H3. The van der Waals surface area contributed by atoms with E-state index in [1.807, 2.05) is 12.3 Å². The van der Waals surface area contributed by atoms with Crippen molar-refractivity contribution in [1.82, 2.24) is 4.98 Å². The largest absolute Gasteiger partial charge is 0.481 e. The number of ether oxygens (including phenoxy) is 1. The Labute approximate surface area is 128 Å². The third kappa shape index (κ3) is 3.69. The molecule has 3 rings (SSSR count). The summed E-state index contributed by atoms with van der Waals surface area (Å²) in [5.74, 6) is 2.50. The Balaban J connectivity index is 1.65. The molecular weight excluding hydrogens is 260 g/mol. The summed E-state index contributed by atoms with van der Waals surface area (Å²) in [7, 11) is 1.66. The van der Waals surface area contributed by atoms with E-state index in [4.69, 9.17) is 4.74 Å². The van der Waals surface area contributed by atoms with E-state index >= 15 is 0 Å². The molecule has 0 bridgehead atoms. The van der Waals surface area contributed by atoms with Gasteiger partial charge in [-0.3, -0.25) is 0 Å². The van der Waals surface area contributed by atoms with Crippen molar-refractivity contribution in [3.63, 3.8) is 0 Å². The molecular formula is C18H28N2O. The van der Waals surface area contributed by atoms with Gasteiger partial charge in [0.15, 0.2) is 0 Å². The fourth-order valence-electron chi connectivity index (χ4n) is 4.27. The van der Waals surface area contributed by atoms with Gasteiger partial charge in [0.05, 0.1) is 19.0 Å². The zero-order valence-electron chi connectivity index (χ0n) is 13.2. The average Bonchev–Trinajstić information content (AvgIpc) is 2.57. The van der Waals surface area contributed by atoms with Crippen molar-refractivity contribution in [1.29, 1.82) is 0 Å². The molecule has 116 valence electrons. The van der Waals surface area contributed by atoms with Crippen molar-refractivity contribution in [2.24, 2.45) is 11.8 Å². The van der Waals surface area contributed by atoms with E-state index in [0.29, 0.717) is 11.9 Å². The van der Waals surface area contributed by atoms with Crippen LogP contribution in [-0.4, -0.2) is 18.1 Å². The second-order valence-corrected chi connectivity index (χ2v) is 6.69. The molecule has 2 saturated carbocycles. The molecule has 2 unspecified atom stereocenters. The Morgan fingerprint density at radius 2 is 1.76 bits per heavy atom. The topological polar surface area (TPSA) is 34.1 Å². The lowest BCUT2D eigenvalue weighted by molar-refractivity contribution is 0.180. The molecule has 0 saturated heterocycles. The summed E-state index contributed by atoms with van der Waals surface area (Å²) in [6.45, 7) is 0. The third-order valence-electron chi connectivity index (χ3n) is 5.37. The number of pyridine rings is 1. The maximum Gasteiger partial charge on any atom is 0.213 e. The quantitative estimate of drug-likeness (QED) is 0.876. The summed E-state index contributed by atoms with van der Waals surface area (Å²) in [6.07, 6.45) is 14.6. The number of rotatable bonds is 4. The van der Waals surface area contributed by atoms with E-state index in [0.717, 1.165) is 17.5 Å². The van der Waals surface area contributed by atoms with Gasteiger partial charge in [-0.2, -0.15) is 0 Å². The molecule has 0 aliphatic heterocycles. The van der Waals surface area contributed by atoms with Gasteiger partial charge in [0, 0.05) is 12.1 Å². The monoisotopic (exact) mass is 288 g/mol. The maximum atomic E-state index is 5.14. The predicted molar refractivity (Wildman–Crippen MR) is 86.7 cm³/mol. The van der Waals surface area contributed by atoms with E-state index < -0.39 is 0 Å². The molecule has 1 heterocycles. The SMILES string of the molecule is COc1ccc(NC2CCCCC2C2CCCCC2)cn1. The van der Waals surface area contributed by atoms with Crippen LogP contribution in [0.3, 0.4) is 0 Å². The highest BCUT2D eigenvalue weighted by molar-refractivity contribution is 5.43. The minimum absolute atomic E-state index is 0.636. The van der Waals surface area contributed by atoms with Crippen LogP contribution >= 0.6 is 0 Å². The predicted octanol–water partition coefficient (Wildman–Crippen LogP) is 4.64. The summed E-state index contributed by atoms with van der Waals surface area (Å²) in [5.41, 5.74) is 1.14. The van der Waals surface area contributed by atoms with Crippen molar-refractivity contribution in [2.45, 2.75) is 63.8 Å². The summed E-state index contributed by atoms with van der Waals surface area (Å²) >= 11 is 0. The van der Waals surface area contributed by atoms with Gasteiger partial charge in [-0.1, -0.05) is 44.9 Å². The molecule has 1 aromatic rings. The first kappa shape index (κ1) is 14.7. The molecule has 21 heavy (non-hydrogen) atoms. The number of hydrogen-bond acceptors (Lipinski definition) is 3. The fraction of sp³-hybridized carbons (Fsp3) is 0.722. The van der Waals surface area contributed by atoms with Crippen molar-refractivity contribution in [3.8, 4) is 5.88 Å². The van der Waals surface area contributed by atoms with Crippen molar-refractivity contribution in [3.05, 3.63) is 18.3 Å². The van der Waals surface area contributed by atoms with Crippen LogP contribution in [0.25, 0.3) is 0 Å². The molecule has 2 fully saturated rings. The Morgan fingerprint density at radius 3 is 2.48 bits per heavy atom. The Morgan fingerprint density at radius 1 is 1.00 bits per heavy atom. The zero-order valence-corrected chi connectivity index (χ0v) is 13.2. The van der Waals surface area contributed by atoms with Crippen molar-refractivity contribution >= 4 is 5.69 Å². The Hall–Kier alpha value is -1.25. The molecule has 2 atom stereocenters. The molecule has 0 radical (unpaired) electrons. The van der Waals surface area contributed by atoms with Crippen LogP contribution in [0.4, 0.5) is 5.69 Å². The van der Waals surface area contributed by atoms with E-state index in [2.05, 4.69) is 16.4 Å². The molecule has 0 aromatic carbocycles. The van der Waals surface area contributed by atoms with Crippen LogP contribution in [0.5, 0.6) is 5.88 Å². The number of nitrogens with one attached hydrogen (secondary N) is 1. The van der Waals surface area contributed by atoms with Gasteiger partial charge in [0.1, 0.15) is 0 Å². The normalized spacial score (nSPS) is 27.3. The van der Waals surface area contributed by atoms with E-state index in [1.165, 1.54) is 57.8 Å². The molecule has 2 aliphatic rings. The first-order chi connectivity index (χ1) is 10.4. The van der Waals surface area contributed by atoms with E-state index in [1.54, 1.807) is 7.11 Å². The summed E-state index contributed by atoms with van der Waals surface area (Å²) in [4.78, 5) is 4.32. The lowest BCUT2D eigenvalue weighted by atomic mass is 9.71. The molecule has 1 N–H and O–H groups in total. The van der Waals surface area contributed by atoms with Gasteiger partial charge in [-0.15, -0.1) is 0 Å². The highest BCUT2D eigenvalue weighted by Gasteiger charge is 2.32. The minimum Gasteiger partial charge on any atom is -0.481 e. The van der Waals surface area contributed by atoms with Crippen LogP contribution < -0.4 is 10.1 Å². The Kier molecular flexibility index (Phi) is 5.00. The summed E-state index contributed by atoms with van der Waals surface area (Å²) in [6, 6.07) is 4.68. The Bertz CT molecular complexity index is 425. The van der Waals surface area contributed by atoms with Gasteiger partial charge in [0.25, 0.3) is 0 Å². The van der Waals surface area contributed by atoms with Gasteiger partial charge in [-0.25, -0.2) is 4.98 Å². The van der Waals surface area contributed by atoms with Crippen molar-refractivity contribution < 1.29 is 4.74 Å². The van der Waals surface area contributed by atoms with Crippen LogP contribution in [0.2, 0.25) is 0 Å². The summed E-state index contributed by atoms with van der Waals surface area (Å²) < 4.78 is 5.14. The maximum absolute atomic E-state index is 5.14. The van der Waals surface area contributed by atoms with Crippen LogP contribution in [0, 0.1) is 11.8 Å². The third-order valence-corrected chi connectivity index (χ3v) is 5.37. The lowest BCUT2D eigenvalue weighted by Crippen LogP contribution is -2.37. The first-order valence-electron chi connectivity index (χ1n) is 8.63. The second-order valence-electron chi connectivity index (χ2n) is 6.69. The second kappa shape index (κ2) is 7.15. The van der Waals surface area contributed by atoms with E-state index in [9.17, 15) is 0 Å². The highest BCUT2D eigenvalue weighted by Crippen LogP contribution is 2.39. The van der Waals surface area contributed by atoms with Crippen LogP contribution in [0.15, 0.2) is 18.3 Å². The molecule has 3 nitrogen and oxygen atoms in total. The summed E-state index contributed by atoms with van der Waals surface area (Å²) in [5, 5.41) is 3.76. The van der Waals surface area contributed by atoms with Gasteiger partial charge < -0.3 is 10.1 Å². The van der Waals surface area contributed by atoms with Crippen LogP contribution in [0.1, 0.15) is 57.8 Å². The van der Waals surface area contributed by atoms with Gasteiger partial charge >= 0.3 is 0 Å². The number of aromatic nitrogens is 1. The minimum atomic E-state index is 0.636. The van der Waals surface area contributed by atoms with E-state index in [-0.39, 0.29) is 0 Å². The molecule has 3 heteroatoms. The zero-order chi connectivity index (χ0) is 14.5. The lowest BCUT2D eigenvalue weighted by Gasteiger charge is -2.39. The fourth-order valence-corrected chi connectivity index (χ4v) is 4.27.